The largest absolute Gasteiger partial charge is 0.316 e. The second-order valence-corrected chi connectivity index (χ2v) is 4.38. The Labute approximate surface area is 96.6 Å². The molecule has 1 fully saturated rings. The van der Waals surface area contributed by atoms with Crippen LogP contribution in [-0.2, 0) is 5.54 Å². The topological polar surface area (TPSA) is 54.7 Å². The van der Waals surface area contributed by atoms with Crippen LogP contribution in [0.25, 0.3) is 11.3 Å². The molecule has 0 aliphatic heterocycles. The number of rotatable bonds is 2. The van der Waals surface area contributed by atoms with Crippen LogP contribution in [0.4, 0.5) is 8.78 Å². The van der Waals surface area contributed by atoms with Gasteiger partial charge in [-0.05, 0) is 5.56 Å². The highest BCUT2D eigenvalue weighted by molar-refractivity contribution is 5.65. The number of aromatic nitrogens is 2. The normalized spacial score (nSPS) is 25.8. The number of benzene rings is 1. The minimum atomic E-state index is -2.83. The van der Waals surface area contributed by atoms with Crippen LogP contribution in [-0.4, -0.2) is 16.1 Å². The molecular weight excluding hydrogens is 224 g/mol. The van der Waals surface area contributed by atoms with Crippen LogP contribution in [0.2, 0.25) is 0 Å². The average Bonchev–Trinajstić information content (AvgIpc) is 2.72. The number of nitrogens with one attached hydrogen (secondary N) is 1. The zero-order valence-corrected chi connectivity index (χ0v) is 8.95. The lowest BCUT2D eigenvalue weighted by Crippen LogP contribution is -2.27. The van der Waals surface area contributed by atoms with Crippen molar-refractivity contribution >= 4 is 0 Å². The van der Waals surface area contributed by atoms with Crippen molar-refractivity contribution in [3.63, 3.8) is 0 Å². The molecule has 2 aromatic rings. The quantitative estimate of drug-likeness (QED) is 0.838. The molecule has 0 bridgehead atoms. The number of hydrogen-bond donors (Lipinski definition) is 2. The lowest BCUT2D eigenvalue weighted by atomic mass is 10.0. The summed E-state index contributed by atoms with van der Waals surface area (Å²) in [6.45, 7) is 0. The molecule has 5 heteroatoms. The second kappa shape index (κ2) is 3.13. The third-order valence-corrected chi connectivity index (χ3v) is 3.21. The van der Waals surface area contributed by atoms with E-state index >= 15 is 0 Å². The van der Waals surface area contributed by atoms with E-state index in [9.17, 15) is 8.78 Å². The molecule has 0 spiro atoms. The molecule has 1 atom stereocenters. The minimum Gasteiger partial charge on any atom is -0.316 e. The third-order valence-electron chi connectivity index (χ3n) is 3.21. The molecule has 1 aliphatic carbocycles. The van der Waals surface area contributed by atoms with Crippen LogP contribution in [0.5, 0.6) is 0 Å². The molecule has 0 saturated heterocycles. The number of nitrogens with two attached hydrogens (primary N) is 1. The first-order valence-corrected chi connectivity index (χ1v) is 5.30. The Kier molecular flexibility index (Phi) is 1.92. The van der Waals surface area contributed by atoms with Gasteiger partial charge in [0.1, 0.15) is 5.54 Å². The van der Waals surface area contributed by atoms with Gasteiger partial charge in [0.2, 0.25) is 0 Å². The van der Waals surface area contributed by atoms with Crippen LogP contribution < -0.4 is 5.73 Å². The van der Waals surface area contributed by atoms with Crippen molar-refractivity contribution in [3.05, 3.63) is 42.1 Å². The summed E-state index contributed by atoms with van der Waals surface area (Å²) in [7, 11) is 0. The molecule has 1 heterocycles. The molecular formula is C12H11F2N3. The van der Waals surface area contributed by atoms with E-state index in [1.165, 1.54) is 6.20 Å². The van der Waals surface area contributed by atoms with Crippen LogP contribution in [0.15, 0.2) is 36.5 Å². The van der Waals surface area contributed by atoms with Crippen LogP contribution in [0.3, 0.4) is 0 Å². The van der Waals surface area contributed by atoms with E-state index in [2.05, 4.69) is 10.2 Å². The van der Waals surface area contributed by atoms with E-state index < -0.39 is 11.5 Å². The van der Waals surface area contributed by atoms with Crippen molar-refractivity contribution in [1.82, 2.24) is 10.2 Å². The van der Waals surface area contributed by atoms with Crippen molar-refractivity contribution in [2.75, 3.05) is 0 Å². The highest BCUT2D eigenvalue weighted by Crippen LogP contribution is 2.58. The van der Waals surface area contributed by atoms with E-state index in [-0.39, 0.29) is 6.42 Å². The molecule has 0 radical (unpaired) electrons. The first-order chi connectivity index (χ1) is 8.05. The van der Waals surface area contributed by atoms with Crippen LogP contribution in [0.1, 0.15) is 12.0 Å². The van der Waals surface area contributed by atoms with E-state index in [0.717, 1.165) is 5.56 Å². The number of halogens is 2. The van der Waals surface area contributed by atoms with E-state index in [0.29, 0.717) is 11.3 Å². The van der Waals surface area contributed by atoms with Crippen molar-refractivity contribution < 1.29 is 8.78 Å². The molecule has 0 amide bonds. The summed E-state index contributed by atoms with van der Waals surface area (Å²) in [6.07, 6.45) is 1.07. The van der Waals surface area contributed by atoms with Crippen molar-refractivity contribution in [1.29, 1.82) is 0 Å². The van der Waals surface area contributed by atoms with E-state index in [1.807, 2.05) is 30.3 Å². The van der Waals surface area contributed by atoms with Gasteiger partial charge in [-0.25, -0.2) is 8.78 Å². The maximum Gasteiger partial charge on any atom is 0.272 e. The standard InChI is InChI=1S/C12H11F2N3/c13-12(14)7-11(12,15)9-6-16-17-10(9)8-4-2-1-3-5-8/h1-6H,7,15H2,(H,16,17). The Hall–Kier alpha value is -1.75. The van der Waals surface area contributed by atoms with Gasteiger partial charge in [0.25, 0.3) is 5.92 Å². The summed E-state index contributed by atoms with van der Waals surface area (Å²) in [5, 5.41) is 6.58. The van der Waals surface area contributed by atoms with Gasteiger partial charge < -0.3 is 5.73 Å². The minimum absolute atomic E-state index is 0.320. The molecule has 3 rings (SSSR count). The summed E-state index contributed by atoms with van der Waals surface area (Å²) in [6, 6.07) is 9.22. The second-order valence-electron chi connectivity index (χ2n) is 4.38. The molecule has 1 saturated carbocycles. The Morgan fingerprint density at radius 3 is 2.47 bits per heavy atom. The number of hydrogen-bond acceptors (Lipinski definition) is 2. The summed E-state index contributed by atoms with van der Waals surface area (Å²) in [4.78, 5) is 0. The maximum atomic E-state index is 13.3. The number of nitrogens with zero attached hydrogens (tertiary/aromatic N) is 1. The summed E-state index contributed by atoms with van der Waals surface area (Å²) < 4.78 is 26.5. The molecule has 3 nitrogen and oxygen atoms in total. The Morgan fingerprint density at radius 2 is 1.88 bits per heavy atom. The number of H-pyrrole nitrogens is 1. The number of alkyl halides is 2. The molecule has 1 aromatic carbocycles. The highest BCUT2D eigenvalue weighted by atomic mass is 19.3. The van der Waals surface area contributed by atoms with Crippen LogP contribution in [0, 0.1) is 0 Å². The molecule has 1 unspecified atom stereocenters. The predicted octanol–water partition coefficient (Wildman–Crippen LogP) is 2.27. The van der Waals surface area contributed by atoms with Gasteiger partial charge in [-0.3, -0.25) is 5.10 Å². The molecule has 1 aliphatic rings. The lowest BCUT2D eigenvalue weighted by Gasteiger charge is -2.10. The van der Waals surface area contributed by atoms with E-state index in [4.69, 9.17) is 5.73 Å². The fourth-order valence-corrected chi connectivity index (χ4v) is 2.05. The third kappa shape index (κ3) is 1.39. The smallest absolute Gasteiger partial charge is 0.272 e. The van der Waals surface area contributed by atoms with Gasteiger partial charge in [-0.2, -0.15) is 5.10 Å². The number of aromatic amines is 1. The van der Waals surface area contributed by atoms with Gasteiger partial charge >= 0.3 is 0 Å². The first kappa shape index (κ1) is 10.4. The van der Waals surface area contributed by atoms with Crippen LogP contribution >= 0.6 is 0 Å². The molecule has 3 N–H and O–H groups in total. The Balaban J connectivity index is 2.08. The van der Waals surface area contributed by atoms with E-state index in [1.54, 1.807) is 0 Å². The highest BCUT2D eigenvalue weighted by Gasteiger charge is 2.71. The molecule has 1 aromatic heterocycles. The van der Waals surface area contributed by atoms with Gasteiger partial charge in [-0.1, -0.05) is 30.3 Å². The lowest BCUT2D eigenvalue weighted by molar-refractivity contribution is 0.0892. The Bertz CT molecular complexity index is 550. The average molecular weight is 235 g/mol. The first-order valence-electron chi connectivity index (χ1n) is 5.30. The monoisotopic (exact) mass is 235 g/mol. The fraction of sp³-hybridized carbons (Fsp3) is 0.250. The van der Waals surface area contributed by atoms with Gasteiger partial charge in [0.05, 0.1) is 11.9 Å². The van der Waals surface area contributed by atoms with Gasteiger partial charge in [-0.15, -0.1) is 0 Å². The fourth-order valence-electron chi connectivity index (χ4n) is 2.05. The summed E-state index contributed by atoms with van der Waals surface area (Å²) in [5.41, 5.74) is 5.92. The summed E-state index contributed by atoms with van der Waals surface area (Å²) in [5.74, 6) is -2.83. The van der Waals surface area contributed by atoms with Crippen molar-refractivity contribution in [2.45, 2.75) is 17.9 Å². The molecule has 17 heavy (non-hydrogen) atoms. The van der Waals surface area contributed by atoms with Gasteiger partial charge in [0, 0.05) is 12.0 Å². The zero-order valence-electron chi connectivity index (χ0n) is 8.95. The van der Waals surface area contributed by atoms with Gasteiger partial charge in [0.15, 0.2) is 0 Å². The molecule has 88 valence electrons. The van der Waals surface area contributed by atoms with Crippen molar-refractivity contribution in [3.8, 4) is 11.3 Å². The van der Waals surface area contributed by atoms with Crippen molar-refractivity contribution in [2.24, 2.45) is 5.73 Å². The Morgan fingerprint density at radius 1 is 1.24 bits per heavy atom. The maximum absolute atomic E-state index is 13.3. The predicted molar refractivity (Wildman–Crippen MR) is 59.5 cm³/mol. The zero-order chi connectivity index (χ0) is 12.1. The SMILES string of the molecule is NC1(c2cn[nH]c2-c2ccccc2)CC1(F)F. The summed E-state index contributed by atoms with van der Waals surface area (Å²) >= 11 is 0.